The first-order chi connectivity index (χ1) is 10.9. The number of carbonyl (C=O) groups excluding carboxylic acids is 1. The van der Waals surface area contributed by atoms with E-state index in [2.05, 4.69) is 4.98 Å². The number of benzene rings is 1. The topological polar surface area (TPSA) is 48.4 Å². The second-order valence-corrected chi connectivity index (χ2v) is 5.66. The molecule has 0 amide bonds. The molecule has 2 aromatic rings. The Morgan fingerprint density at radius 1 is 1.17 bits per heavy atom. The van der Waals surface area contributed by atoms with Crippen molar-refractivity contribution in [1.82, 2.24) is 4.98 Å². The minimum Gasteiger partial charge on any atom is -0.454 e. The van der Waals surface area contributed by atoms with E-state index in [9.17, 15) is 18.0 Å². The lowest BCUT2D eigenvalue weighted by molar-refractivity contribution is -0.137. The molecule has 23 heavy (non-hydrogen) atoms. The highest BCUT2D eigenvalue weighted by molar-refractivity contribution is 7.99. The van der Waals surface area contributed by atoms with Gasteiger partial charge in [0.1, 0.15) is 0 Å². The third kappa shape index (κ3) is 3.58. The van der Waals surface area contributed by atoms with Crippen molar-refractivity contribution in [3.05, 3.63) is 47.7 Å². The van der Waals surface area contributed by atoms with E-state index in [0.717, 1.165) is 24.0 Å². The molecule has 1 aliphatic heterocycles. The Labute approximate surface area is 133 Å². The summed E-state index contributed by atoms with van der Waals surface area (Å²) in [5.41, 5.74) is -0.363. The summed E-state index contributed by atoms with van der Waals surface area (Å²) in [7, 11) is 0. The fourth-order valence-corrected chi connectivity index (χ4v) is 2.66. The van der Waals surface area contributed by atoms with E-state index in [1.165, 1.54) is 6.07 Å². The zero-order chi connectivity index (χ0) is 16.4. The highest BCUT2D eigenvalue weighted by Gasteiger charge is 2.30. The average Bonchev–Trinajstić information content (AvgIpc) is 2.99. The number of ether oxygens (including phenoxy) is 2. The van der Waals surface area contributed by atoms with Crippen LogP contribution < -0.4 is 9.47 Å². The van der Waals surface area contributed by atoms with Gasteiger partial charge < -0.3 is 9.47 Å². The van der Waals surface area contributed by atoms with Crippen LogP contribution in [-0.4, -0.2) is 23.3 Å². The second kappa shape index (κ2) is 6.11. The van der Waals surface area contributed by atoms with E-state index < -0.39 is 11.7 Å². The molecular weight excluding hydrogens is 331 g/mol. The molecule has 0 atom stereocenters. The van der Waals surface area contributed by atoms with Gasteiger partial charge in [-0.25, -0.2) is 4.98 Å². The van der Waals surface area contributed by atoms with E-state index in [0.29, 0.717) is 22.1 Å². The van der Waals surface area contributed by atoms with Crippen LogP contribution in [0.5, 0.6) is 11.5 Å². The van der Waals surface area contributed by atoms with Gasteiger partial charge in [-0.15, -0.1) is 0 Å². The molecule has 8 heteroatoms. The molecule has 2 heterocycles. The van der Waals surface area contributed by atoms with Crippen LogP contribution >= 0.6 is 11.8 Å². The lowest BCUT2D eigenvalue weighted by Gasteiger charge is -2.06. The van der Waals surface area contributed by atoms with Gasteiger partial charge in [-0.05, 0) is 30.3 Å². The molecule has 0 radical (unpaired) electrons. The van der Waals surface area contributed by atoms with Crippen molar-refractivity contribution in [2.45, 2.75) is 11.2 Å². The predicted molar refractivity (Wildman–Crippen MR) is 76.9 cm³/mol. The van der Waals surface area contributed by atoms with E-state index in [1.807, 2.05) is 0 Å². The summed E-state index contributed by atoms with van der Waals surface area (Å²) in [6.07, 6.45) is -3.66. The number of halogens is 3. The maximum atomic E-state index is 12.4. The van der Waals surface area contributed by atoms with Crippen LogP contribution in [0, 0.1) is 0 Å². The summed E-state index contributed by atoms with van der Waals surface area (Å²) in [6, 6.07) is 7.05. The lowest BCUT2D eigenvalue weighted by atomic mass is 10.1. The summed E-state index contributed by atoms with van der Waals surface area (Å²) >= 11 is 1.08. The average molecular weight is 341 g/mol. The molecule has 0 saturated carbocycles. The predicted octanol–water partition coefficient (Wildman–Crippen LogP) is 3.80. The molecule has 1 aromatic heterocycles. The number of aromatic nitrogens is 1. The van der Waals surface area contributed by atoms with Gasteiger partial charge in [-0.2, -0.15) is 13.2 Å². The highest BCUT2D eigenvalue weighted by atomic mass is 32.2. The van der Waals surface area contributed by atoms with Crippen molar-refractivity contribution in [3.63, 3.8) is 0 Å². The van der Waals surface area contributed by atoms with Gasteiger partial charge in [0.05, 0.1) is 16.3 Å². The molecule has 120 valence electrons. The molecule has 3 rings (SSSR count). The summed E-state index contributed by atoms with van der Waals surface area (Å²) in [5.74, 6) is 0.986. The minimum atomic E-state index is -4.42. The second-order valence-electron chi connectivity index (χ2n) is 4.66. The number of rotatable bonds is 4. The van der Waals surface area contributed by atoms with Crippen LogP contribution in [0.1, 0.15) is 15.9 Å². The van der Waals surface area contributed by atoms with Gasteiger partial charge in [0.15, 0.2) is 17.3 Å². The number of fused-ring (bicyclic) bond motifs is 1. The number of Topliss-reactive ketones (excluding diaryl/α,β-unsaturated/α-hetero) is 1. The Balaban J connectivity index is 1.63. The number of pyridine rings is 1. The molecule has 0 aliphatic carbocycles. The van der Waals surface area contributed by atoms with Crippen molar-refractivity contribution in [2.75, 3.05) is 12.5 Å². The Morgan fingerprint density at radius 2 is 1.96 bits per heavy atom. The smallest absolute Gasteiger partial charge is 0.417 e. The quantitative estimate of drug-likeness (QED) is 0.625. The van der Waals surface area contributed by atoms with Crippen LogP contribution in [0.25, 0.3) is 0 Å². The number of thioether (sulfide) groups is 1. The fraction of sp³-hybridized carbons (Fsp3) is 0.200. The SMILES string of the molecule is O=C(CSc1ccc(C(F)(F)F)cn1)c1ccc2c(c1)OCO2. The molecule has 0 bridgehead atoms. The Bertz CT molecular complexity index is 732. The zero-order valence-corrected chi connectivity index (χ0v) is 12.4. The number of carbonyl (C=O) groups is 1. The number of nitrogens with zero attached hydrogens (tertiary/aromatic N) is 1. The molecule has 4 nitrogen and oxygen atoms in total. The van der Waals surface area contributed by atoms with E-state index in [1.54, 1.807) is 18.2 Å². The number of alkyl halides is 3. The normalized spacial score (nSPS) is 13.2. The molecule has 0 saturated heterocycles. The first-order valence-electron chi connectivity index (χ1n) is 6.52. The third-order valence-electron chi connectivity index (χ3n) is 3.11. The summed E-state index contributed by atoms with van der Waals surface area (Å²) in [6.45, 7) is 0.122. The Morgan fingerprint density at radius 3 is 2.65 bits per heavy atom. The first-order valence-corrected chi connectivity index (χ1v) is 7.51. The fourth-order valence-electron chi connectivity index (χ4n) is 1.93. The van der Waals surface area contributed by atoms with Crippen LogP contribution in [0.3, 0.4) is 0 Å². The van der Waals surface area contributed by atoms with E-state index in [-0.39, 0.29) is 18.3 Å². The van der Waals surface area contributed by atoms with E-state index >= 15 is 0 Å². The maximum absolute atomic E-state index is 12.4. The van der Waals surface area contributed by atoms with Crippen LogP contribution in [-0.2, 0) is 6.18 Å². The molecule has 0 N–H and O–H groups in total. The van der Waals surface area contributed by atoms with Crippen molar-refractivity contribution < 1.29 is 27.4 Å². The van der Waals surface area contributed by atoms with Gasteiger partial charge in [0.2, 0.25) is 6.79 Å². The number of hydrogen-bond donors (Lipinski definition) is 0. The third-order valence-corrected chi connectivity index (χ3v) is 4.05. The van der Waals surface area contributed by atoms with Crippen molar-refractivity contribution >= 4 is 17.5 Å². The summed E-state index contributed by atoms with van der Waals surface area (Å²) in [5, 5.41) is 0.354. The van der Waals surface area contributed by atoms with Crippen molar-refractivity contribution in [3.8, 4) is 11.5 Å². The van der Waals surface area contributed by atoms with E-state index in [4.69, 9.17) is 9.47 Å². The van der Waals surface area contributed by atoms with Gasteiger partial charge in [0, 0.05) is 11.8 Å². The van der Waals surface area contributed by atoms with Crippen molar-refractivity contribution in [1.29, 1.82) is 0 Å². The van der Waals surface area contributed by atoms with Crippen LogP contribution in [0.15, 0.2) is 41.6 Å². The van der Waals surface area contributed by atoms with Gasteiger partial charge in [-0.3, -0.25) is 4.79 Å². The maximum Gasteiger partial charge on any atom is 0.417 e. The van der Waals surface area contributed by atoms with Crippen molar-refractivity contribution in [2.24, 2.45) is 0 Å². The standard InChI is InChI=1S/C15H10F3NO3S/c16-15(17,18)10-2-4-14(19-6-10)23-7-11(20)9-1-3-12-13(5-9)22-8-21-12/h1-6H,7-8H2. The Kier molecular flexibility index (Phi) is 4.16. The number of hydrogen-bond acceptors (Lipinski definition) is 5. The van der Waals surface area contributed by atoms with Gasteiger partial charge in [-0.1, -0.05) is 11.8 Å². The Hall–Kier alpha value is -2.22. The molecule has 1 aromatic carbocycles. The molecule has 0 fully saturated rings. The molecule has 0 unspecified atom stereocenters. The monoisotopic (exact) mass is 341 g/mol. The zero-order valence-electron chi connectivity index (χ0n) is 11.6. The summed E-state index contributed by atoms with van der Waals surface area (Å²) in [4.78, 5) is 15.8. The highest BCUT2D eigenvalue weighted by Crippen LogP contribution is 2.33. The molecular formula is C15H10F3NO3S. The number of ketones is 1. The lowest BCUT2D eigenvalue weighted by Crippen LogP contribution is -2.06. The van der Waals surface area contributed by atoms with Gasteiger partial charge >= 0.3 is 6.18 Å². The molecule has 0 spiro atoms. The largest absolute Gasteiger partial charge is 0.454 e. The molecule has 1 aliphatic rings. The van der Waals surface area contributed by atoms with Crippen LogP contribution in [0.2, 0.25) is 0 Å². The van der Waals surface area contributed by atoms with Crippen LogP contribution in [0.4, 0.5) is 13.2 Å². The first kappa shape index (κ1) is 15.7. The minimum absolute atomic E-state index is 0.0675. The van der Waals surface area contributed by atoms with Gasteiger partial charge in [0.25, 0.3) is 0 Å². The summed E-state index contributed by atoms with van der Waals surface area (Å²) < 4.78 is 47.7.